The van der Waals surface area contributed by atoms with Crippen molar-refractivity contribution < 1.29 is 23.6 Å². The van der Waals surface area contributed by atoms with Crippen LogP contribution >= 0.6 is 11.8 Å². The number of nitrogens with zero attached hydrogens (tertiary/aromatic N) is 3. The number of amides is 1. The lowest BCUT2D eigenvalue weighted by molar-refractivity contribution is -0.384. The van der Waals surface area contributed by atoms with E-state index in [1.165, 1.54) is 55.3 Å². The number of fused-ring (bicyclic) bond motifs is 1. The Balaban J connectivity index is 1.66. The van der Waals surface area contributed by atoms with Gasteiger partial charge >= 0.3 is 5.97 Å². The number of halogens is 1. The molecule has 1 N–H and O–H groups in total. The molecule has 0 fully saturated rings. The lowest BCUT2D eigenvalue weighted by Gasteiger charge is -2.36. The van der Waals surface area contributed by atoms with Gasteiger partial charge in [0.2, 0.25) is 5.91 Å². The predicted octanol–water partition coefficient (Wildman–Crippen LogP) is 4.51. The number of carbonyl (C=O) groups excluding carboxylic acids is 2. The Hall–Kier alpha value is -3.99. The fourth-order valence-corrected chi connectivity index (χ4v) is 4.70. The van der Waals surface area contributed by atoms with Crippen LogP contribution in [0, 0.1) is 15.9 Å². The minimum Gasteiger partial charge on any atom is -0.466 e. The molecule has 2 aromatic rings. The Kier molecular flexibility index (Phi) is 6.46. The number of ether oxygens (including phenoxy) is 1. The van der Waals surface area contributed by atoms with Gasteiger partial charge in [0.05, 0.1) is 35.8 Å². The van der Waals surface area contributed by atoms with Crippen LogP contribution in [-0.2, 0) is 14.3 Å². The van der Waals surface area contributed by atoms with E-state index in [1.807, 2.05) is 0 Å². The van der Waals surface area contributed by atoms with Crippen molar-refractivity contribution in [1.82, 2.24) is 4.90 Å². The maximum Gasteiger partial charge on any atom is 0.338 e. The van der Waals surface area contributed by atoms with Crippen molar-refractivity contribution in [2.24, 2.45) is 4.99 Å². The summed E-state index contributed by atoms with van der Waals surface area (Å²) in [6, 6.07) is 10.6. The first-order valence-electron chi connectivity index (χ1n) is 10.1. The summed E-state index contributed by atoms with van der Waals surface area (Å²) in [5, 5.41) is 16.2. The van der Waals surface area contributed by atoms with Gasteiger partial charge in [-0.1, -0.05) is 11.8 Å². The van der Waals surface area contributed by atoms with Gasteiger partial charge in [0, 0.05) is 23.5 Å². The van der Waals surface area contributed by atoms with Gasteiger partial charge in [0.15, 0.2) is 5.17 Å². The molecule has 1 unspecified atom stereocenters. The average molecular weight is 482 g/mol. The first-order valence-corrected chi connectivity index (χ1v) is 11.0. The summed E-state index contributed by atoms with van der Waals surface area (Å²) in [6.45, 7) is 1.69. The van der Waals surface area contributed by atoms with Crippen LogP contribution in [0.2, 0.25) is 0 Å². The molecule has 0 radical (unpaired) electrons. The second-order valence-electron chi connectivity index (χ2n) is 7.47. The number of methoxy groups -OCH3 is 1. The number of rotatable bonds is 6. The number of esters is 1. The molecule has 0 spiro atoms. The summed E-state index contributed by atoms with van der Waals surface area (Å²) >= 11 is 1.31. The molecule has 11 heteroatoms. The molecule has 34 heavy (non-hydrogen) atoms. The Morgan fingerprint density at radius 1 is 1.21 bits per heavy atom. The number of anilines is 1. The molecule has 2 heterocycles. The normalized spacial score (nSPS) is 17.0. The van der Waals surface area contributed by atoms with Gasteiger partial charge in [-0.05, 0) is 54.3 Å². The number of aliphatic imine (C=N–C) groups is 1. The minimum atomic E-state index is -0.694. The number of nitrogens with one attached hydrogen (secondary N) is 1. The highest BCUT2D eigenvalue weighted by molar-refractivity contribution is 8.16. The van der Waals surface area contributed by atoms with Crippen LogP contribution in [0.3, 0.4) is 0 Å². The molecule has 2 aromatic carbocycles. The van der Waals surface area contributed by atoms with E-state index in [9.17, 15) is 24.1 Å². The van der Waals surface area contributed by atoms with Crippen LogP contribution in [0.4, 0.5) is 15.8 Å². The van der Waals surface area contributed by atoms with Crippen molar-refractivity contribution >= 4 is 40.2 Å². The van der Waals surface area contributed by atoms with E-state index < -0.39 is 22.8 Å². The Morgan fingerprint density at radius 3 is 2.50 bits per heavy atom. The van der Waals surface area contributed by atoms with Crippen LogP contribution < -0.4 is 5.32 Å². The number of non-ortho nitro benzene ring substituents is 1. The third kappa shape index (κ3) is 4.55. The maximum absolute atomic E-state index is 13.1. The van der Waals surface area contributed by atoms with E-state index >= 15 is 0 Å². The smallest absolute Gasteiger partial charge is 0.338 e. The zero-order valence-corrected chi connectivity index (χ0v) is 19.0. The van der Waals surface area contributed by atoms with E-state index in [0.717, 1.165) is 0 Å². The Labute approximate surface area is 198 Å². The van der Waals surface area contributed by atoms with Gasteiger partial charge in [-0.3, -0.25) is 14.9 Å². The van der Waals surface area contributed by atoms with Crippen molar-refractivity contribution in [2.45, 2.75) is 19.4 Å². The van der Waals surface area contributed by atoms with Crippen LogP contribution in [0.15, 0.2) is 75.9 Å². The number of hydrogen-bond acceptors (Lipinski definition) is 8. The van der Waals surface area contributed by atoms with Gasteiger partial charge in [0.1, 0.15) is 5.82 Å². The van der Waals surface area contributed by atoms with Crippen molar-refractivity contribution in [3.8, 4) is 0 Å². The first kappa shape index (κ1) is 23.2. The Morgan fingerprint density at radius 2 is 1.88 bits per heavy atom. The lowest BCUT2D eigenvalue weighted by atomic mass is 9.93. The van der Waals surface area contributed by atoms with Gasteiger partial charge < -0.3 is 15.0 Å². The number of carbonyl (C=O) groups is 2. The topological polar surface area (TPSA) is 114 Å². The molecule has 0 bridgehead atoms. The SMILES string of the molecule is COC(=O)C1=C(C)N=C2SC=C(CC(=O)Nc3ccc(F)cc3)N2C1c1ccc([N+](=O)[O-])cc1. The number of hydrogen-bond donors (Lipinski definition) is 1. The van der Waals surface area contributed by atoms with Crippen molar-refractivity contribution in [3.63, 3.8) is 0 Å². The highest BCUT2D eigenvalue weighted by Crippen LogP contribution is 2.45. The molecule has 2 aliphatic rings. The summed E-state index contributed by atoms with van der Waals surface area (Å²) < 4.78 is 18.1. The lowest BCUT2D eigenvalue weighted by Crippen LogP contribution is -2.37. The summed E-state index contributed by atoms with van der Waals surface area (Å²) in [4.78, 5) is 42.3. The molecule has 0 aliphatic carbocycles. The fraction of sp³-hybridized carbons (Fsp3) is 0.174. The second kappa shape index (κ2) is 9.48. The minimum absolute atomic E-state index is 0.0413. The van der Waals surface area contributed by atoms with E-state index in [-0.39, 0.29) is 23.6 Å². The van der Waals surface area contributed by atoms with Crippen LogP contribution in [0.25, 0.3) is 0 Å². The third-order valence-electron chi connectivity index (χ3n) is 5.30. The number of amidine groups is 1. The number of nitro groups is 1. The molecule has 2 aliphatic heterocycles. The Bertz CT molecular complexity index is 1260. The molecule has 4 rings (SSSR count). The fourth-order valence-electron chi connectivity index (χ4n) is 3.74. The van der Waals surface area contributed by atoms with Gasteiger partial charge in [-0.2, -0.15) is 0 Å². The quantitative estimate of drug-likeness (QED) is 0.366. The highest BCUT2D eigenvalue weighted by atomic mass is 32.2. The van der Waals surface area contributed by atoms with Crippen molar-refractivity contribution in [1.29, 1.82) is 0 Å². The van der Waals surface area contributed by atoms with E-state index in [4.69, 9.17) is 4.74 Å². The molecule has 9 nitrogen and oxygen atoms in total. The second-order valence-corrected chi connectivity index (χ2v) is 8.30. The standard InChI is InChI=1S/C23H19FN4O5S/c1-13-20(22(30)33-2)21(14-3-9-17(10-4-14)28(31)32)27-18(12-34-23(27)25-13)11-19(29)26-16-7-5-15(24)6-8-16/h3-10,12,21H,11H2,1-2H3,(H,26,29). The number of nitro benzene ring substituents is 1. The largest absolute Gasteiger partial charge is 0.466 e. The molecule has 0 aromatic heterocycles. The summed E-state index contributed by atoms with van der Waals surface area (Å²) in [5.74, 6) is -1.34. The van der Waals surface area contributed by atoms with Crippen molar-refractivity contribution in [3.05, 3.63) is 92.4 Å². The zero-order valence-electron chi connectivity index (χ0n) is 18.1. The highest BCUT2D eigenvalue weighted by Gasteiger charge is 2.41. The van der Waals surface area contributed by atoms with E-state index in [0.29, 0.717) is 27.8 Å². The summed E-state index contributed by atoms with van der Waals surface area (Å²) in [7, 11) is 1.26. The first-order chi connectivity index (χ1) is 16.3. The average Bonchev–Trinajstić information content (AvgIpc) is 3.20. The molecule has 1 atom stereocenters. The van der Waals surface area contributed by atoms with Crippen LogP contribution in [0.1, 0.15) is 24.9 Å². The monoisotopic (exact) mass is 482 g/mol. The van der Waals surface area contributed by atoms with Gasteiger partial charge in [0.25, 0.3) is 5.69 Å². The van der Waals surface area contributed by atoms with Crippen LogP contribution in [0.5, 0.6) is 0 Å². The summed E-state index contributed by atoms with van der Waals surface area (Å²) in [5.41, 5.74) is 2.28. The molecule has 0 saturated carbocycles. The number of benzene rings is 2. The molecular weight excluding hydrogens is 463 g/mol. The predicted molar refractivity (Wildman–Crippen MR) is 125 cm³/mol. The van der Waals surface area contributed by atoms with Crippen molar-refractivity contribution in [2.75, 3.05) is 12.4 Å². The summed E-state index contributed by atoms with van der Waals surface area (Å²) in [6.07, 6.45) is -0.0413. The molecule has 1 amide bonds. The van der Waals surface area contributed by atoms with Gasteiger partial charge in [-0.15, -0.1) is 0 Å². The third-order valence-corrected chi connectivity index (χ3v) is 6.18. The maximum atomic E-state index is 13.1. The van der Waals surface area contributed by atoms with Crippen LogP contribution in [-0.4, -0.2) is 34.0 Å². The molecular formula is C23H19FN4O5S. The zero-order chi connectivity index (χ0) is 24.4. The molecule has 0 saturated heterocycles. The van der Waals surface area contributed by atoms with Gasteiger partial charge in [-0.25, -0.2) is 14.2 Å². The van der Waals surface area contributed by atoms with E-state index in [1.54, 1.807) is 29.4 Å². The molecule has 174 valence electrons. The number of thioether (sulfide) groups is 1. The van der Waals surface area contributed by atoms with E-state index in [2.05, 4.69) is 10.3 Å². The number of allylic oxidation sites excluding steroid dienone is 1.